The molecule has 3 heterocycles. The van der Waals surface area contributed by atoms with Crippen molar-refractivity contribution >= 4 is 17.5 Å². The first-order chi connectivity index (χ1) is 13.2. The molecule has 2 aromatic heterocycles. The number of furan rings is 1. The third-order valence-electron chi connectivity index (χ3n) is 4.52. The minimum absolute atomic E-state index is 0.0668. The van der Waals surface area contributed by atoms with Gasteiger partial charge in [0.25, 0.3) is 5.91 Å². The lowest BCUT2D eigenvalue weighted by molar-refractivity contribution is 0.0728. The Balaban J connectivity index is 1.37. The molecule has 0 atom stereocenters. The van der Waals surface area contributed by atoms with Crippen LogP contribution in [0, 0.1) is 0 Å². The van der Waals surface area contributed by atoms with Crippen LogP contribution in [-0.4, -0.2) is 52.0 Å². The van der Waals surface area contributed by atoms with Crippen LogP contribution < -0.4 is 0 Å². The normalized spacial score (nSPS) is 15.7. The van der Waals surface area contributed by atoms with Crippen molar-refractivity contribution < 1.29 is 13.7 Å². The Labute approximate surface area is 161 Å². The van der Waals surface area contributed by atoms with E-state index < -0.39 is 0 Å². The zero-order valence-corrected chi connectivity index (χ0v) is 15.4. The first-order valence-corrected chi connectivity index (χ1v) is 9.20. The smallest absolute Gasteiger partial charge is 0.289 e. The van der Waals surface area contributed by atoms with E-state index in [1.165, 1.54) is 6.26 Å². The molecule has 0 saturated carbocycles. The van der Waals surface area contributed by atoms with Gasteiger partial charge >= 0.3 is 0 Å². The van der Waals surface area contributed by atoms with E-state index in [0.717, 1.165) is 25.1 Å². The third-order valence-corrected chi connectivity index (χ3v) is 4.75. The second kappa shape index (κ2) is 7.94. The van der Waals surface area contributed by atoms with Gasteiger partial charge in [0.1, 0.15) is 0 Å². The summed E-state index contributed by atoms with van der Waals surface area (Å²) in [6.07, 6.45) is 2.40. The van der Waals surface area contributed by atoms with E-state index in [0.29, 0.717) is 42.1 Å². The zero-order valence-electron chi connectivity index (χ0n) is 14.7. The number of hydrogen-bond donors (Lipinski definition) is 0. The van der Waals surface area contributed by atoms with Crippen LogP contribution in [0.2, 0.25) is 5.02 Å². The Morgan fingerprint density at radius 1 is 1.15 bits per heavy atom. The van der Waals surface area contributed by atoms with Crippen LogP contribution >= 0.6 is 11.6 Å². The molecule has 140 valence electrons. The molecule has 8 heteroatoms. The molecule has 3 aromatic rings. The van der Waals surface area contributed by atoms with Gasteiger partial charge < -0.3 is 13.8 Å². The van der Waals surface area contributed by atoms with E-state index >= 15 is 0 Å². The molecule has 0 unspecified atom stereocenters. The van der Waals surface area contributed by atoms with Crippen LogP contribution in [0.25, 0.3) is 11.4 Å². The number of amides is 1. The van der Waals surface area contributed by atoms with Crippen molar-refractivity contribution in [2.45, 2.75) is 13.0 Å². The number of hydrogen-bond acceptors (Lipinski definition) is 6. The zero-order chi connectivity index (χ0) is 18.6. The molecule has 1 aromatic carbocycles. The molecule has 1 aliphatic rings. The maximum absolute atomic E-state index is 12.4. The van der Waals surface area contributed by atoms with Crippen LogP contribution in [-0.2, 0) is 6.54 Å². The number of benzene rings is 1. The monoisotopic (exact) mass is 386 g/mol. The molecule has 0 aliphatic carbocycles. The maximum Gasteiger partial charge on any atom is 0.289 e. The maximum atomic E-state index is 12.4. The quantitative estimate of drug-likeness (QED) is 0.684. The van der Waals surface area contributed by atoms with Crippen molar-refractivity contribution in [2.24, 2.45) is 0 Å². The van der Waals surface area contributed by atoms with Crippen molar-refractivity contribution in [1.82, 2.24) is 19.9 Å². The van der Waals surface area contributed by atoms with E-state index in [4.69, 9.17) is 20.5 Å². The highest BCUT2D eigenvalue weighted by Gasteiger charge is 2.23. The highest BCUT2D eigenvalue weighted by molar-refractivity contribution is 6.30. The van der Waals surface area contributed by atoms with E-state index in [-0.39, 0.29) is 5.91 Å². The van der Waals surface area contributed by atoms with Crippen LogP contribution in [0.4, 0.5) is 0 Å². The topological polar surface area (TPSA) is 75.6 Å². The number of rotatable bonds is 4. The lowest BCUT2D eigenvalue weighted by Crippen LogP contribution is -2.34. The van der Waals surface area contributed by atoms with Gasteiger partial charge in [-0.25, -0.2) is 0 Å². The van der Waals surface area contributed by atoms with E-state index in [1.807, 2.05) is 17.0 Å². The van der Waals surface area contributed by atoms with Gasteiger partial charge in [0.05, 0.1) is 12.8 Å². The molecular weight excluding hydrogens is 368 g/mol. The summed E-state index contributed by atoms with van der Waals surface area (Å²) in [7, 11) is 0. The summed E-state index contributed by atoms with van der Waals surface area (Å²) in [6.45, 7) is 3.48. The first-order valence-electron chi connectivity index (χ1n) is 8.83. The summed E-state index contributed by atoms with van der Waals surface area (Å²) in [4.78, 5) is 20.9. The molecule has 27 heavy (non-hydrogen) atoms. The van der Waals surface area contributed by atoms with E-state index in [1.54, 1.807) is 24.3 Å². The Morgan fingerprint density at radius 3 is 2.89 bits per heavy atom. The minimum Gasteiger partial charge on any atom is -0.459 e. The molecule has 1 amide bonds. The van der Waals surface area contributed by atoms with Crippen molar-refractivity contribution in [3.05, 3.63) is 59.3 Å². The largest absolute Gasteiger partial charge is 0.459 e. The average Bonchev–Trinajstić information content (AvgIpc) is 3.31. The fourth-order valence-corrected chi connectivity index (χ4v) is 3.33. The second-order valence-electron chi connectivity index (χ2n) is 6.42. The molecule has 1 aliphatic heterocycles. The first kappa shape index (κ1) is 17.8. The number of carbonyl (C=O) groups excluding carboxylic acids is 1. The number of aromatic nitrogens is 2. The predicted molar refractivity (Wildman–Crippen MR) is 99.2 cm³/mol. The molecule has 7 nitrogen and oxygen atoms in total. The SMILES string of the molecule is O=C(c1ccco1)N1CCCN(Cc2nc(-c3cccc(Cl)c3)no2)CC1. The Kier molecular flexibility index (Phi) is 5.22. The molecule has 1 fully saturated rings. The Hall–Kier alpha value is -2.64. The molecular formula is C19H19ClN4O3. The second-order valence-corrected chi connectivity index (χ2v) is 6.86. The van der Waals surface area contributed by atoms with E-state index in [9.17, 15) is 4.79 Å². The van der Waals surface area contributed by atoms with Crippen molar-refractivity contribution in [3.8, 4) is 11.4 Å². The molecule has 1 saturated heterocycles. The minimum atomic E-state index is -0.0668. The van der Waals surface area contributed by atoms with Gasteiger partial charge in [-0.05, 0) is 30.7 Å². The fraction of sp³-hybridized carbons (Fsp3) is 0.316. The summed E-state index contributed by atoms with van der Waals surface area (Å²) in [5.74, 6) is 1.39. The van der Waals surface area contributed by atoms with E-state index in [2.05, 4.69) is 15.0 Å². The molecule has 0 spiro atoms. The van der Waals surface area contributed by atoms with Crippen molar-refractivity contribution in [2.75, 3.05) is 26.2 Å². The predicted octanol–water partition coefficient (Wildman–Crippen LogP) is 3.33. The summed E-state index contributed by atoms with van der Waals surface area (Å²) < 4.78 is 10.6. The Bertz CT molecular complexity index is 909. The third kappa shape index (κ3) is 4.20. The average molecular weight is 387 g/mol. The van der Waals surface area contributed by atoms with Gasteiger partial charge in [-0.1, -0.05) is 28.9 Å². The van der Waals surface area contributed by atoms with Gasteiger partial charge in [-0.3, -0.25) is 9.69 Å². The lowest BCUT2D eigenvalue weighted by Gasteiger charge is -2.20. The molecule has 0 bridgehead atoms. The highest BCUT2D eigenvalue weighted by Crippen LogP contribution is 2.20. The van der Waals surface area contributed by atoms with Crippen molar-refractivity contribution in [1.29, 1.82) is 0 Å². The molecule has 0 N–H and O–H groups in total. The number of carbonyl (C=O) groups is 1. The Morgan fingerprint density at radius 2 is 2.07 bits per heavy atom. The molecule has 0 radical (unpaired) electrons. The van der Waals surface area contributed by atoms with Crippen LogP contribution in [0.3, 0.4) is 0 Å². The van der Waals surface area contributed by atoms with Gasteiger partial charge in [-0.2, -0.15) is 4.98 Å². The number of nitrogens with zero attached hydrogens (tertiary/aromatic N) is 4. The van der Waals surface area contributed by atoms with Crippen LogP contribution in [0.5, 0.6) is 0 Å². The van der Waals surface area contributed by atoms with Crippen molar-refractivity contribution in [3.63, 3.8) is 0 Å². The van der Waals surface area contributed by atoms with Crippen LogP contribution in [0.15, 0.2) is 51.6 Å². The lowest BCUT2D eigenvalue weighted by atomic mass is 10.2. The summed E-state index contributed by atoms with van der Waals surface area (Å²) in [5, 5.41) is 4.68. The van der Waals surface area contributed by atoms with Gasteiger partial charge in [0.2, 0.25) is 11.7 Å². The standard InChI is InChI=1S/C19H19ClN4O3/c20-15-5-1-4-14(12-15)18-21-17(27-22-18)13-23-7-3-8-24(10-9-23)19(25)16-6-2-11-26-16/h1-2,4-6,11-12H,3,7-10,13H2. The fourth-order valence-electron chi connectivity index (χ4n) is 3.14. The van der Waals surface area contributed by atoms with Gasteiger partial charge in [0.15, 0.2) is 5.76 Å². The van der Waals surface area contributed by atoms with Gasteiger partial charge in [-0.15, -0.1) is 0 Å². The van der Waals surface area contributed by atoms with Crippen LogP contribution in [0.1, 0.15) is 22.9 Å². The highest BCUT2D eigenvalue weighted by atomic mass is 35.5. The van der Waals surface area contributed by atoms with Gasteiger partial charge in [0, 0.05) is 36.8 Å². The summed E-state index contributed by atoms with van der Waals surface area (Å²) >= 11 is 6.02. The summed E-state index contributed by atoms with van der Waals surface area (Å²) in [6, 6.07) is 10.8. The number of halogens is 1. The summed E-state index contributed by atoms with van der Waals surface area (Å²) in [5.41, 5.74) is 0.823. The molecule has 4 rings (SSSR count).